The molecule has 0 aliphatic heterocycles. The summed E-state index contributed by atoms with van der Waals surface area (Å²) in [6, 6.07) is 13.5. The predicted octanol–water partition coefficient (Wildman–Crippen LogP) is 2.50. The third-order valence-electron chi connectivity index (χ3n) is 3.99. The molecule has 2 aromatic carbocycles. The highest BCUT2D eigenvalue weighted by molar-refractivity contribution is 7.89. The van der Waals surface area contributed by atoms with Gasteiger partial charge in [-0.1, -0.05) is 12.1 Å². The molecule has 0 radical (unpaired) electrons. The van der Waals surface area contributed by atoms with Crippen molar-refractivity contribution in [2.75, 3.05) is 24.9 Å². The van der Waals surface area contributed by atoms with Crippen molar-refractivity contribution in [1.82, 2.24) is 9.97 Å². The van der Waals surface area contributed by atoms with Crippen LogP contribution in [0.2, 0.25) is 0 Å². The number of anilines is 3. The molecule has 0 amide bonds. The van der Waals surface area contributed by atoms with E-state index in [4.69, 9.17) is 14.6 Å². The molecule has 0 aliphatic carbocycles. The maximum absolute atomic E-state index is 11.5. The van der Waals surface area contributed by atoms with E-state index in [1.54, 1.807) is 38.5 Å². The van der Waals surface area contributed by atoms with Crippen LogP contribution in [0.25, 0.3) is 0 Å². The molecule has 0 atom stereocenters. The van der Waals surface area contributed by atoms with Gasteiger partial charge in [0.25, 0.3) is 0 Å². The van der Waals surface area contributed by atoms with E-state index >= 15 is 0 Å². The van der Waals surface area contributed by atoms with Crippen LogP contribution in [0.3, 0.4) is 0 Å². The summed E-state index contributed by atoms with van der Waals surface area (Å²) in [7, 11) is -0.586. The van der Waals surface area contributed by atoms with Crippen LogP contribution in [-0.2, 0) is 16.6 Å². The van der Waals surface area contributed by atoms with Gasteiger partial charge in [-0.2, -0.15) is 0 Å². The zero-order valence-electron chi connectivity index (χ0n) is 15.9. The first kappa shape index (κ1) is 20.4. The van der Waals surface area contributed by atoms with Gasteiger partial charge in [-0.05, 0) is 17.7 Å². The summed E-state index contributed by atoms with van der Waals surface area (Å²) < 4.78 is 33.5. The molecular formula is C19H21N5O4S. The lowest BCUT2D eigenvalue weighted by Crippen LogP contribution is -2.12. The standard InChI is InChI=1S/C19H21N5O4S/c1-27-15-7-14(8-16(9-15)28-2)24-19-10-18(22-12-23-19)21-11-13-4-3-5-17(6-13)29(20,25)26/h3-10,12H,11H2,1-2H3,(H2,20,25,26)(H2,21,22,23,24). The van der Waals surface area contributed by atoms with Gasteiger partial charge in [0, 0.05) is 36.5 Å². The molecule has 0 saturated heterocycles. The van der Waals surface area contributed by atoms with Crippen LogP contribution < -0.4 is 25.2 Å². The number of hydrogen-bond acceptors (Lipinski definition) is 8. The number of nitrogens with zero attached hydrogens (tertiary/aromatic N) is 2. The molecular weight excluding hydrogens is 394 g/mol. The maximum atomic E-state index is 11.5. The van der Waals surface area contributed by atoms with Crippen molar-refractivity contribution in [2.24, 2.45) is 5.14 Å². The molecule has 0 spiro atoms. The molecule has 10 heteroatoms. The summed E-state index contributed by atoms with van der Waals surface area (Å²) >= 11 is 0. The smallest absolute Gasteiger partial charge is 0.238 e. The number of nitrogens with two attached hydrogens (primary N) is 1. The summed E-state index contributed by atoms with van der Waals surface area (Å²) in [5.41, 5.74) is 1.49. The topological polar surface area (TPSA) is 128 Å². The van der Waals surface area contributed by atoms with E-state index in [1.165, 1.54) is 18.5 Å². The summed E-state index contributed by atoms with van der Waals surface area (Å²) in [5, 5.41) is 11.5. The molecule has 29 heavy (non-hydrogen) atoms. The third kappa shape index (κ3) is 5.56. The average Bonchev–Trinajstić information content (AvgIpc) is 2.72. The number of methoxy groups -OCH3 is 2. The zero-order valence-corrected chi connectivity index (χ0v) is 16.7. The Morgan fingerprint density at radius 3 is 2.31 bits per heavy atom. The lowest BCUT2D eigenvalue weighted by molar-refractivity contribution is 0.395. The highest BCUT2D eigenvalue weighted by Gasteiger charge is 2.08. The number of primary sulfonamides is 1. The fourth-order valence-corrected chi connectivity index (χ4v) is 3.16. The van der Waals surface area contributed by atoms with Crippen molar-refractivity contribution in [3.8, 4) is 11.5 Å². The van der Waals surface area contributed by atoms with Gasteiger partial charge in [0.2, 0.25) is 10.0 Å². The van der Waals surface area contributed by atoms with Crippen molar-refractivity contribution in [3.05, 3.63) is 60.4 Å². The van der Waals surface area contributed by atoms with E-state index in [2.05, 4.69) is 20.6 Å². The number of aromatic nitrogens is 2. The molecule has 0 saturated carbocycles. The van der Waals surface area contributed by atoms with Crippen LogP contribution in [0, 0.1) is 0 Å². The van der Waals surface area contributed by atoms with Crippen molar-refractivity contribution in [1.29, 1.82) is 0 Å². The Hall–Kier alpha value is -3.37. The van der Waals surface area contributed by atoms with Crippen LogP contribution in [0.15, 0.2) is 59.8 Å². The van der Waals surface area contributed by atoms with Gasteiger partial charge in [-0.3, -0.25) is 0 Å². The summed E-state index contributed by atoms with van der Waals surface area (Å²) in [6.07, 6.45) is 1.42. The fourth-order valence-electron chi connectivity index (χ4n) is 2.57. The first-order valence-electron chi connectivity index (χ1n) is 8.55. The number of ether oxygens (including phenoxy) is 2. The number of sulfonamides is 1. The molecule has 3 rings (SSSR count). The van der Waals surface area contributed by atoms with E-state index in [1.807, 2.05) is 12.1 Å². The Labute approximate surface area is 169 Å². The molecule has 0 fully saturated rings. The molecule has 152 valence electrons. The molecule has 0 unspecified atom stereocenters. The Morgan fingerprint density at radius 1 is 0.966 bits per heavy atom. The average molecular weight is 415 g/mol. The van der Waals surface area contributed by atoms with Crippen molar-refractivity contribution >= 4 is 27.3 Å². The molecule has 1 heterocycles. The van der Waals surface area contributed by atoms with Crippen molar-refractivity contribution < 1.29 is 17.9 Å². The van der Waals surface area contributed by atoms with Crippen LogP contribution >= 0.6 is 0 Å². The van der Waals surface area contributed by atoms with Crippen LogP contribution in [0.4, 0.5) is 17.3 Å². The predicted molar refractivity (Wildman–Crippen MR) is 110 cm³/mol. The molecule has 4 N–H and O–H groups in total. The summed E-state index contributed by atoms with van der Waals surface area (Å²) in [5.74, 6) is 2.43. The second kappa shape index (κ2) is 8.76. The summed E-state index contributed by atoms with van der Waals surface area (Å²) in [4.78, 5) is 8.45. The minimum Gasteiger partial charge on any atom is -0.497 e. The van der Waals surface area contributed by atoms with Gasteiger partial charge in [0.15, 0.2) is 0 Å². The second-order valence-electron chi connectivity index (χ2n) is 6.06. The number of hydrogen-bond donors (Lipinski definition) is 3. The van der Waals surface area contributed by atoms with E-state index in [0.717, 1.165) is 11.3 Å². The highest BCUT2D eigenvalue weighted by atomic mass is 32.2. The molecule has 3 aromatic rings. The Morgan fingerprint density at radius 2 is 1.66 bits per heavy atom. The van der Waals surface area contributed by atoms with Gasteiger partial charge >= 0.3 is 0 Å². The van der Waals surface area contributed by atoms with E-state index in [0.29, 0.717) is 29.7 Å². The zero-order chi connectivity index (χ0) is 20.9. The van der Waals surface area contributed by atoms with Crippen molar-refractivity contribution in [2.45, 2.75) is 11.4 Å². The van der Waals surface area contributed by atoms with Gasteiger partial charge in [-0.15, -0.1) is 0 Å². The quantitative estimate of drug-likeness (QED) is 0.512. The van der Waals surface area contributed by atoms with Gasteiger partial charge in [-0.25, -0.2) is 23.5 Å². The van der Waals surface area contributed by atoms with E-state index in [9.17, 15) is 8.42 Å². The fraction of sp³-hybridized carbons (Fsp3) is 0.158. The number of rotatable bonds is 8. The Bertz CT molecular complexity index is 1080. The monoisotopic (exact) mass is 415 g/mol. The largest absolute Gasteiger partial charge is 0.497 e. The van der Waals surface area contributed by atoms with Gasteiger partial charge in [0.1, 0.15) is 29.5 Å². The molecule has 0 bridgehead atoms. The SMILES string of the molecule is COc1cc(Nc2cc(NCc3cccc(S(N)(=O)=O)c3)ncn2)cc(OC)c1. The normalized spacial score (nSPS) is 11.0. The Balaban J connectivity index is 1.72. The van der Waals surface area contributed by atoms with Gasteiger partial charge < -0.3 is 20.1 Å². The minimum absolute atomic E-state index is 0.0637. The van der Waals surface area contributed by atoms with Crippen LogP contribution in [0.1, 0.15) is 5.56 Å². The first-order valence-corrected chi connectivity index (χ1v) is 10.1. The molecule has 0 aliphatic rings. The minimum atomic E-state index is -3.75. The van der Waals surface area contributed by atoms with Crippen molar-refractivity contribution in [3.63, 3.8) is 0 Å². The lowest BCUT2D eigenvalue weighted by Gasteiger charge is -2.11. The first-order chi connectivity index (χ1) is 13.9. The third-order valence-corrected chi connectivity index (χ3v) is 4.90. The van der Waals surface area contributed by atoms with Gasteiger partial charge in [0.05, 0.1) is 19.1 Å². The molecule has 1 aromatic heterocycles. The van der Waals surface area contributed by atoms with E-state index < -0.39 is 10.0 Å². The number of nitrogens with one attached hydrogen (secondary N) is 2. The maximum Gasteiger partial charge on any atom is 0.238 e. The van der Waals surface area contributed by atoms with Crippen LogP contribution in [-0.4, -0.2) is 32.6 Å². The Kier molecular flexibility index (Phi) is 6.15. The second-order valence-corrected chi connectivity index (χ2v) is 7.62. The molecule has 9 nitrogen and oxygen atoms in total. The highest BCUT2D eigenvalue weighted by Crippen LogP contribution is 2.27. The summed E-state index contributed by atoms with van der Waals surface area (Å²) in [6.45, 7) is 0.368. The number of benzene rings is 2. The van der Waals surface area contributed by atoms with E-state index in [-0.39, 0.29) is 4.90 Å². The lowest BCUT2D eigenvalue weighted by atomic mass is 10.2. The van der Waals surface area contributed by atoms with Crippen LogP contribution in [0.5, 0.6) is 11.5 Å².